The first-order chi connectivity index (χ1) is 62.5. The average Bonchev–Trinajstić information content (AvgIpc) is 0.842. The van der Waals surface area contributed by atoms with Crippen molar-refractivity contribution in [3.05, 3.63) is 461 Å². The van der Waals surface area contributed by atoms with Gasteiger partial charge in [0, 0.05) is 110 Å². The Kier molecular flexibility index (Phi) is 18.8. The molecule has 588 valence electrons. The van der Waals surface area contributed by atoms with Gasteiger partial charge in [0.2, 0.25) is 0 Å². The maximum absolute atomic E-state index is 5.29. The molecule has 0 spiro atoms. The van der Waals surface area contributed by atoms with Crippen LogP contribution in [0, 0.1) is 0 Å². The minimum Gasteiger partial charge on any atom is -0.309 e. The van der Waals surface area contributed by atoms with E-state index in [0.717, 1.165) is 145 Å². The molecule has 6 aromatic heterocycles. The van der Waals surface area contributed by atoms with Gasteiger partial charge in [-0.2, -0.15) is 0 Å². The van der Waals surface area contributed by atoms with Crippen LogP contribution >= 0.6 is 0 Å². The standard InChI is InChI=1S/2C59H38N4/c1-4-16-40(17-5-1)47-26-15-27-50-57(47)51-37-44(34-35-52(51)60-58(50)42-18-6-2-7-19-42)39-30-32-41(33-31-39)53-38-54(62-59(61-53)43-20-8-3-9-21-43)45-22-14-23-46(36-45)63-55-28-12-10-24-48(55)49-25-11-13-29-56(49)63;1-4-15-40(16-5-1)47-23-14-24-50-57(47)51-37-45(33-36-52(51)60-58(50)43-17-6-2-7-18-43)39-27-29-41(30-28-39)53-38-54(62-59(61-53)44-19-8-3-9-20-44)42-31-34-46(35-32-42)63-55-25-12-10-21-48(55)49-22-11-13-26-56(49)63/h2*1-38H. The van der Waals surface area contributed by atoms with Crippen LogP contribution in [0.5, 0.6) is 0 Å². The molecule has 0 N–H and O–H groups in total. The van der Waals surface area contributed by atoms with Gasteiger partial charge in [-0.3, -0.25) is 0 Å². The summed E-state index contributed by atoms with van der Waals surface area (Å²) in [7, 11) is 0. The molecule has 6 heterocycles. The van der Waals surface area contributed by atoms with E-state index in [-0.39, 0.29) is 0 Å². The van der Waals surface area contributed by atoms with Gasteiger partial charge in [-0.25, -0.2) is 29.9 Å². The lowest BCUT2D eigenvalue weighted by atomic mass is 9.91. The first-order valence-electron chi connectivity index (χ1n) is 42.7. The quantitative estimate of drug-likeness (QED) is 0.101. The van der Waals surface area contributed by atoms with Crippen LogP contribution in [0.1, 0.15) is 0 Å². The Morgan fingerprint density at radius 2 is 0.437 bits per heavy atom. The number of nitrogens with zero attached hydrogens (tertiary/aromatic N) is 8. The zero-order chi connectivity index (χ0) is 83.4. The highest BCUT2D eigenvalue weighted by Gasteiger charge is 2.22. The van der Waals surface area contributed by atoms with Crippen molar-refractivity contribution >= 4 is 87.0 Å². The molecular formula is C118H76N8. The molecule has 0 aliphatic rings. The van der Waals surface area contributed by atoms with Crippen LogP contribution in [0.3, 0.4) is 0 Å². The van der Waals surface area contributed by atoms with E-state index in [1.54, 1.807) is 0 Å². The van der Waals surface area contributed by atoms with Gasteiger partial charge in [0.15, 0.2) is 11.6 Å². The summed E-state index contributed by atoms with van der Waals surface area (Å²) in [5, 5.41) is 11.9. The van der Waals surface area contributed by atoms with Gasteiger partial charge < -0.3 is 9.13 Å². The molecule has 8 nitrogen and oxygen atoms in total. The fourth-order valence-electron chi connectivity index (χ4n) is 18.4. The van der Waals surface area contributed by atoms with Crippen LogP contribution in [-0.4, -0.2) is 39.0 Å². The molecule has 0 aliphatic heterocycles. The Balaban J connectivity index is 0.000000145. The van der Waals surface area contributed by atoms with E-state index in [1.807, 2.05) is 36.4 Å². The molecule has 0 radical (unpaired) electrons. The SMILES string of the molecule is c1ccc(-c2nc(-c3ccc(-c4ccc5nc(-c6ccccc6)c6cccc(-c7ccccc7)c6c5c4)cc3)cc(-c3ccc(-n4c5ccccc5c5ccccc54)cc3)n2)cc1.c1ccc(-c2nc(-c3ccc(-c4ccc5nc(-c6ccccc6)c6cccc(-c7ccccc7)c6c5c4)cc3)cc(-c3cccc(-n4c5ccccc5c5ccccc54)c3)n2)cc1. The predicted molar refractivity (Wildman–Crippen MR) is 524 cm³/mol. The molecule has 0 atom stereocenters. The monoisotopic (exact) mass is 1600 g/mol. The first kappa shape index (κ1) is 74.1. The highest BCUT2D eigenvalue weighted by Crippen LogP contribution is 2.45. The summed E-state index contributed by atoms with van der Waals surface area (Å²) >= 11 is 0. The molecule has 126 heavy (non-hydrogen) atoms. The van der Waals surface area contributed by atoms with Crippen molar-refractivity contribution in [2.24, 2.45) is 0 Å². The van der Waals surface area contributed by atoms with E-state index in [4.69, 9.17) is 29.9 Å². The van der Waals surface area contributed by atoms with E-state index in [9.17, 15) is 0 Å². The average molecular weight is 1610 g/mol. The highest BCUT2D eigenvalue weighted by molar-refractivity contribution is 6.20. The molecule has 24 rings (SSSR count). The third-order valence-corrected chi connectivity index (χ3v) is 24.4. The van der Waals surface area contributed by atoms with Crippen LogP contribution in [0.2, 0.25) is 0 Å². The van der Waals surface area contributed by atoms with Crippen molar-refractivity contribution in [3.8, 4) is 146 Å². The van der Waals surface area contributed by atoms with Crippen molar-refractivity contribution in [3.63, 3.8) is 0 Å². The molecule has 24 aromatic rings. The molecule has 0 bridgehead atoms. The summed E-state index contributed by atoms with van der Waals surface area (Å²) in [5.41, 5.74) is 31.8. The van der Waals surface area contributed by atoms with E-state index < -0.39 is 0 Å². The number of pyridine rings is 2. The summed E-state index contributed by atoms with van der Waals surface area (Å²) in [6.07, 6.45) is 0. The van der Waals surface area contributed by atoms with Crippen molar-refractivity contribution in [1.29, 1.82) is 0 Å². The molecule has 18 aromatic carbocycles. The van der Waals surface area contributed by atoms with Gasteiger partial charge in [-0.1, -0.05) is 376 Å². The van der Waals surface area contributed by atoms with Crippen LogP contribution in [0.25, 0.3) is 233 Å². The van der Waals surface area contributed by atoms with Gasteiger partial charge >= 0.3 is 0 Å². The number of fused-ring (bicyclic) bond motifs is 12. The Morgan fingerprint density at radius 1 is 0.151 bits per heavy atom. The zero-order valence-corrected chi connectivity index (χ0v) is 68.5. The number of hydrogen-bond donors (Lipinski definition) is 0. The van der Waals surface area contributed by atoms with Gasteiger partial charge in [0.1, 0.15) is 0 Å². The fraction of sp³-hybridized carbons (Fsp3) is 0. The third kappa shape index (κ3) is 13.6. The van der Waals surface area contributed by atoms with Crippen molar-refractivity contribution in [1.82, 2.24) is 39.0 Å². The van der Waals surface area contributed by atoms with Gasteiger partial charge in [-0.05, 0) is 129 Å². The number of hydrogen-bond acceptors (Lipinski definition) is 6. The number of rotatable bonds is 14. The molecule has 0 amide bonds. The summed E-state index contributed by atoms with van der Waals surface area (Å²) in [6.45, 7) is 0. The van der Waals surface area contributed by atoms with Crippen molar-refractivity contribution < 1.29 is 0 Å². The molecule has 0 saturated carbocycles. The maximum atomic E-state index is 5.29. The number of para-hydroxylation sites is 4. The molecular weight excluding hydrogens is 1530 g/mol. The minimum absolute atomic E-state index is 0.687. The summed E-state index contributed by atoms with van der Waals surface area (Å²) < 4.78 is 4.69. The molecule has 0 unspecified atom stereocenters. The summed E-state index contributed by atoms with van der Waals surface area (Å²) in [4.78, 5) is 31.2. The summed E-state index contributed by atoms with van der Waals surface area (Å²) in [6, 6.07) is 163. The molecule has 0 saturated heterocycles. The lowest BCUT2D eigenvalue weighted by Gasteiger charge is -2.15. The predicted octanol–water partition coefficient (Wildman–Crippen LogP) is 30.6. The van der Waals surface area contributed by atoms with E-state index in [0.29, 0.717) is 11.6 Å². The van der Waals surface area contributed by atoms with Crippen LogP contribution in [0.15, 0.2) is 461 Å². The van der Waals surface area contributed by atoms with Crippen molar-refractivity contribution in [2.75, 3.05) is 0 Å². The Morgan fingerprint density at radius 3 is 0.817 bits per heavy atom. The second-order valence-corrected chi connectivity index (χ2v) is 32.0. The normalized spacial score (nSPS) is 11.5. The second kappa shape index (κ2) is 31.9. The summed E-state index contributed by atoms with van der Waals surface area (Å²) in [5.74, 6) is 1.38. The topological polar surface area (TPSA) is 87.2 Å². The maximum Gasteiger partial charge on any atom is 0.160 e. The lowest BCUT2D eigenvalue weighted by Crippen LogP contribution is -1.98. The number of aromatic nitrogens is 8. The molecule has 8 heteroatoms. The Bertz CT molecular complexity index is 8160. The van der Waals surface area contributed by atoms with Crippen LogP contribution in [-0.2, 0) is 0 Å². The Hall–Kier alpha value is -16.9. The molecule has 0 aliphatic carbocycles. The van der Waals surface area contributed by atoms with Crippen LogP contribution < -0.4 is 0 Å². The Labute approximate surface area is 728 Å². The molecule has 0 fully saturated rings. The van der Waals surface area contributed by atoms with Gasteiger partial charge in [-0.15, -0.1) is 0 Å². The second-order valence-electron chi connectivity index (χ2n) is 32.0. The van der Waals surface area contributed by atoms with E-state index >= 15 is 0 Å². The van der Waals surface area contributed by atoms with Crippen molar-refractivity contribution in [2.45, 2.75) is 0 Å². The number of benzene rings is 18. The fourth-order valence-corrected chi connectivity index (χ4v) is 18.4. The zero-order valence-electron chi connectivity index (χ0n) is 68.5. The highest BCUT2D eigenvalue weighted by atomic mass is 15.0. The minimum atomic E-state index is 0.687. The van der Waals surface area contributed by atoms with E-state index in [2.05, 4.69) is 434 Å². The first-order valence-corrected chi connectivity index (χ1v) is 42.7. The van der Waals surface area contributed by atoms with E-state index in [1.165, 1.54) is 76.6 Å². The third-order valence-electron chi connectivity index (χ3n) is 24.4. The lowest BCUT2D eigenvalue weighted by molar-refractivity contribution is 1.16. The van der Waals surface area contributed by atoms with Gasteiger partial charge in [0.25, 0.3) is 0 Å². The van der Waals surface area contributed by atoms with Crippen LogP contribution in [0.4, 0.5) is 0 Å². The van der Waals surface area contributed by atoms with Gasteiger partial charge in [0.05, 0.1) is 67.3 Å². The smallest absolute Gasteiger partial charge is 0.160 e. The largest absolute Gasteiger partial charge is 0.309 e.